The molecule has 0 bridgehead atoms. The summed E-state index contributed by atoms with van der Waals surface area (Å²) >= 11 is 0. The summed E-state index contributed by atoms with van der Waals surface area (Å²) in [6.07, 6.45) is 10.2. The van der Waals surface area contributed by atoms with E-state index in [-0.39, 0.29) is 5.60 Å². The number of furan rings is 1. The van der Waals surface area contributed by atoms with Gasteiger partial charge in [0.25, 0.3) is 0 Å². The van der Waals surface area contributed by atoms with Crippen LogP contribution in [-0.2, 0) is 23.3 Å². The molecule has 5 heterocycles. The van der Waals surface area contributed by atoms with Crippen LogP contribution in [-0.4, -0.2) is 44.5 Å². The monoisotopic (exact) mass is 377 g/mol. The summed E-state index contributed by atoms with van der Waals surface area (Å²) in [5, 5.41) is 0. The molecule has 1 saturated heterocycles. The van der Waals surface area contributed by atoms with Crippen molar-refractivity contribution in [3.05, 3.63) is 59.6 Å². The van der Waals surface area contributed by atoms with Crippen LogP contribution in [0.4, 0.5) is 0 Å². The Bertz CT molecular complexity index is 947. The molecule has 0 radical (unpaired) electrons. The summed E-state index contributed by atoms with van der Waals surface area (Å²) < 4.78 is 11.6. The average molecular weight is 377 g/mol. The van der Waals surface area contributed by atoms with Gasteiger partial charge < -0.3 is 9.15 Å². The van der Waals surface area contributed by atoms with Gasteiger partial charge in [0.15, 0.2) is 11.6 Å². The van der Waals surface area contributed by atoms with Crippen molar-refractivity contribution in [3.8, 4) is 11.6 Å². The molecule has 3 aromatic rings. The maximum atomic E-state index is 6.29. The van der Waals surface area contributed by atoms with Crippen molar-refractivity contribution < 1.29 is 9.15 Å². The second-order valence-electron chi connectivity index (χ2n) is 7.55. The highest BCUT2D eigenvalue weighted by molar-refractivity contribution is 5.45. The fraction of sp³-hybridized carbons (Fsp3) is 0.429. The summed E-state index contributed by atoms with van der Waals surface area (Å²) in [6.45, 7) is 5.46. The van der Waals surface area contributed by atoms with Gasteiger partial charge in [-0.25, -0.2) is 19.9 Å². The van der Waals surface area contributed by atoms with Gasteiger partial charge in [-0.2, -0.15) is 0 Å². The van der Waals surface area contributed by atoms with Gasteiger partial charge in [0.1, 0.15) is 11.4 Å². The zero-order chi connectivity index (χ0) is 19.0. The van der Waals surface area contributed by atoms with Gasteiger partial charge in [-0.3, -0.25) is 4.90 Å². The largest absolute Gasteiger partial charge is 0.461 e. The Labute approximate surface area is 163 Å². The van der Waals surface area contributed by atoms with Gasteiger partial charge in [0.2, 0.25) is 0 Å². The summed E-state index contributed by atoms with van der Waals surface area (Å²) in [5.41, 5.74) is 3.20. The molecule has 2 aliphatic heterocycles. The number of hydrogen-bond donors (Lipinski definition) is 0. The van der Waals surface area contributed by atoms with E-state index in [1.807, 2.05) is 37.6 Å². The van der Waals surface area contributed by atoms with Crippen molar-refractivity contribution in [2.75, 3.05) is 19.7 Å². The van der Waals surface area contributed by atoms with Gasteiger partial charge in [-0.15, -0.1) is 0 Å². The molecular weight excluding hydrogens is 354 g/mol. The normalized spacial score (nSPS) is 18.9. The van der Waals surface area contributed by atoms with Crippen LogP contribution in [0.3, 0.4) is 0 Å². The molecule has 1 fully saturated rings. The first-order valence-corrected chi connectivity index (χ1v) is 9.76. The molecule has 5 rings (SSSR count). The molecule has 7 heteroatoms. The van der Waals surface area contributed by atoms with Crippen LogP contribution < -0.4 is 0 Å². The number of aryl methyl sites for hydroxylation is 1. The van der Waals surface area contributed by atoms with Crippen molar-refractivity contribution in [2.45, 2.75) is 38.3 Å². The maximum absolute atomic E-state index is 6.29. The van der Waals surface area contributed by atoms with Crippen LogP contribution in [0.15, 0.2) is 41.4 Å². The third kappa shape index (κ3) is 3.21. The van der Waals surface area contributed by atoms with Gasteiger partial charge in [0.05, 0.1) is 18.6 Å². The first-order valence-electron chi connectivity index (χ1n) is 9.76. The minimum absolute atomic E-state index is 0.253. The lowest BCUT2D eigenvalue weighted by molar-refractivity contribution is -0.102. The first kappa shape index (κ1) is 17.5. The fourth-order valence-electron chi connectivity index (χ4n) is 4.18. The highest BCUT2D eigenvalue weighted by atomic mass is 16.5. The molecule has 2 aliphatic rings. The number of hydrogen-bond acceptors (Lipinski definition) is 7. The van der Waals surface area contributed by atoms with Crippen LogP contribution in [0, 0.1) is 6.92 Å². The standard InChI is InChI=1S/C21H23N5O2/c1-15-22-13-17-4-10-28-21(19(17)25-15)5-7-26(8-6-21)14-16-11-23-20(24-12-16)18-3-2-9-27-18/h2-3,9,11-13H,4-8,10,14H2,1H3. The molecule has 0 saturated carbocycles. The number of piperidine rings is 1. The fourth-order valence-corrected chi connectivity index (χ4v) is 4.18. The van der Waals surface area contributed by atoms with E-state index < -0.39 is 0 Å². The van der Waals surface area contributed by atoms with Gasteiger partial charge in [0, 0.05) is 43.8 Å². The lowest BCUT2D eigenvalue weighted by Crippen LogP contribution is -2.47. The molecule has 1 spiro atoms. The summed E-state index contributed by atoms with van der Waals surface area (Å²) in [6, 6.07) is 3.71. The lowest BCUT2D eigenvalue weighted by atomic mass is 9.83. The maximum Gasteiger partial charge on any atom is 0.195 e. The zero-order valence-corrected chi connectivity index (χ0v) is 16.0. The van der Waals surface area contributed by atoms with E-state index in [2.05, 4.69) is 19.9 Å². The molecule has 144 valence electrons. The molecule has 0 amide bonds. The quantitative estimate of drug-likeness (QED) is 0.694. The number of aromatic nitrogens is 4. The smallest absolute Gasteiger partial charge is 0.195 e. The minimum atomic E-state index is -0.253. The Morgan fingerprint density at radius 1 is 1.11 bits per heavy atom. The van der Waals surface area contributed by atoms with E-state index in [4.69, 9.17) is 14.1 Å². The third-order valence-electron chi connectivity index (χ3n) is 5.68. The van der Waals surface area contributed by atoms with Crippen LogP contribution >= 0.6 is 0 Å². The molecule has 0 atom stereocenters. The molecule has 3 aromatic heterocycles. The average Bonchev–Trinajstić information content (AvgIpc) is 3.26. The first-order chi connectivity index (χ1) is 13.7. The summed E-state index contributed by atoms with van der Waals surface area (Å²) in [5.74, 6) is 2.13. The van der Waals surface area contributed by atoms with E-state index in [0.29, 0.717) is 11.6 Å². The molecule has 7 nitrogen and oxygen atoms in total. The van der Waals surface area contributed by atoms with E-state index in [1.165, 1.54) is 5.56 Å². The second kappa shape index (κ2) is 7.07. The molecule has 0 aromatic carbocycles. The Kier molecular flexibility index (Phi) is 4.41. The van der Waals surface area contributed by atoms with Crippen molar-refractivity contribution in [2.24, 2.45) is 0 Å². The highest BCUT2D eigenvalue weighted by Gasteiger charge is 2.42. The topological polar surface area (TPSA) is 77.2 Å². The molecular formula is C21H23N5O2. The van der Waals surface area contributed by atoms with Gasteiger partial charge in [-0.05, 0) is 43.9 Å². The number of nitrogens with zero attached hydrogens (tertiary/aromatic N) is 5. The third-order valence-corrected chi connectivity index (χ3v) is 5.68. The second-order valence-corrected chi connectivity index (χ2v) is 7.55. The SMILES string of the molecule is Cc1ncc2c(n1)C1(CCN(Cc3cnc(-c4ccco4)nc3)CC1)OCC2. The zero-order valence-electron chi connectivity index (χ0n) is 16.0. The van der Waals surface area contributed by atoms with Crippen molar-refractivity contribution in [3.63, 3.8) is 0 Å². The Hall–Kier alpha value is -2.64. The molecule has 28 heavy (non-hydrogen) atoms. The summed E-state index contributed by atoms with van der Waals surface area (Å²) in [7, 11) is 0. The van der Waals surface area contributed by atoms with E-state index in [0.717, 1.165) is 62.6 Å². The van der Waals surface area contributed by atoms with Crippen LogP contribution in [0.2, 0.25) is 0 Å². The van der Waals surface area contributed by atoms with E-state index in [1.54, 1.807) is 6.26 Å². The lowest BCUT2D eigenvalue weighted by Gasteiger charge is -2.44. The molecule has 0 unspecified atom stereocenters. The predicted molar refractivity (Wildman–Crippen MR) is 102 cm³/mol. The van der Waals surface area contributed by atoms with E-state index in [9.17, 15) is 0 Å². The van der Waals surface area contributed by atoms with Crippen molar-refractivity contribution in [1.29, 1.82) is 0 Å². The Morgan fingerprint density at radius 2 is 1.93 bits per heavy atom. The highest BCUT2D eigenvalue weighted by Crippen LogP contribution is 2.40. The van der Waals surface area contributed by atoms with Gasteiger partial charge in [-0.1, -0.05) is 0 Å². The van der Waals surface area contributed by atoms with Crippen molar-refractivity contribution >= 4 is 0 Å². The van der Waals surface area contributed by atoms with Crippen LogP contribution in [0.5, 0.6) is 0 Å². The number of likely N-dealkylation sites (tertiary alicyclic amines) is 1. The summed E-state index contributed by atoms with van der Waals surface area (Å²) in [4.78, 5) is 20.4. The predicted octanol–water partition coefficient (Wildman–Crippen LogP) is 2.90. The number of ether oxygens (including phenoxy) is 1. The van der Waals surface area contributed by atoms with Crippen LogP contribution in [0.25, 0.3) is 11.6 Å². The molecule has 0 N–H and O–H groups in total. The van der Waals surface area contributed by atoms with Gasteiger partial charge >= 0.3 is 0 Å². The van der Waals surface area contributed by atoms with Crippen LogP contribution in [0.1, 0.15) is 35.5 Å². The Morgan fingerprint density at radius 3 is 2.68 bits per heavy atom. The number of fused-ring (bicyclic) bond motifs is 2. The minimum Gasteiger partial charge on any atom is -0.461 e. The molecule has 0 aliphatic carbocycles. The van der Waals surface area contributed by atoms with Crippen molar-refractivity contribution in [1.82, 2.24) is 24.8 Å². The Balaban J connectivity index is 1.26. The van der Waals surface area contributed by atoms with E-state index >= 15 is 0 Å². The number of rotatable bonds is 3.